The second kappa shape index (κ2) is 7.28. The molecule has 1 aromatic rings. The molecule has 0 N–H and O–H groups in total. The maximum Gasteiger partial charge on any atom is 0.410 e. The van der Waals surface area contributed by atoms with Crippen molar-refractivity contribution in [1.82, 2.24) is 9.47 Å². The van der Waals surface area contributed by atoms with Crippen LogP contribution in [0.3, 0.4) is 0 Å². The van der Waals surface area contributed by atoms with E-state index in [0.717, 1.165) is 25.0 Å². The van der Waals surface area contributed by atoms with E-state index in [0.29, 0.717) is 18.7 Å². The molecular formula is C18H28N2O4. The Morgan fingerprint density at radius 2 is 1.88 bits per heavy atom. The molecule has 2 heterocycles. The summed E-state index contributed by atoms with van der Waals surface area (Å²) in [4.78, 5) is 25.8. The Labute approximate surface area is 143 Å². The van der Waals surface area contributed by atoms with Gasteiger partial charge in [-0.3, -0.25) is 0 Å². The van der Waals surface area contributed by atoms with Crippen molar-refractivity contribution in [3.8, 4) is 0 Å². The van der Waals surface area contributed by atoms with Gasteiger partial charge in [-0.2, -0.15) is 0 Å². The normalized spacial score (nSPS) is 16.1. The van der Waals surface area contributed by atoms with Crippen LogP contribution in [0.1, 0.15) is 62.6 Å². The van der Waals surface area contributed by atoms with Crippen molar-refractivity contribution in [2.45, 2.75) is 58.6 Å². The summed E-state index contributed by atoms with van der Waals surface area (Å²) in [6.45, 7) is 8.98. The summed E-state index contributed by atoms with van der Waals surface area (Å²) in [5.74, 6) is -0.295. The van der Waals surface area contributed by atoms with E-state index < -0.39 is 5.60 Å². The Hall–Kier alpha value is -1.98. The molecule has 0 radical (unpaired) electrons. The molecule has 6 heteroatoms. The molecule has 1 saturated heterocycles. The number of esters is 1. The first-order valence-corrected chi connectivity index (χ1v) is 8.52. The van der Waals surface area contributed by atoms with E-state index in [1.54, 1.807) is 4.90 Å². The van der Waals surface area contributed by atoms with Crippen LogP contribution in [0, 0.1) is 0 Å². The van der Waals surface area contributed by atoms with Gasteiger partial charge in [-0.15, -0.1) is 0 Å². The average Bonchev–Trinajstić information content (AvgIpc) is 2.96. The summed E-state index contributed by atoms with van der Waals surface area (Å²) in [5, 5.41) is 0. The molecule has 1 aliphatic rings. The molecule has 1 aliphatic heterocycles. The zero-order valence-corrected chi connectivity index (χ0v) is 15.3. The van der Waals surface area contributed by atoms with Gasteiger partial charge in [0.1, 0.15) is 5.60 Å². The molecule has 2 rings (SSSR count). The minimum absolute atomic E-state index is 0.251. The summed E-state index contributed by atoms with van der Waals surface area (Å²) in [6, 6.07) is 2.11. The van der Waals surface area contributed by atoms with Gasteiger partial charge in [0.05, 0.1) is 12.7 Å². The molecule has 1 amide bonds. The van der Waals surface area contributed by atoms with Crippen LogP contribution in [-0.2, 0) is 15.9 Å². The summed E-state index contributed by atoms with van der Waals surface area (Å²) < 4.78 is 12.5. The molecule has 0 aliphatic carbocycles. The van der Waals surface area contributed by atoms with Crippen LogP contribution in [0.25, 0.3) is 0 Å². The third kappa shape index (κ3) is 4.10. The summed E-state index contributed by atoms with van der Waals surface area (Å²) in [7, 11) is 1.40. The fraction of sp³-hybridized carbons (Fsp3) is 0.667. The van der Waals surface area contributed by atoms with Gasteiger partial charge < -0.3 is 18.9 Å². The first-order valence-electron chi connectivity index (χ1n) is 8.52. The summed E-state index contributed by atoms with van der Waals surface area (Å²) in [5.41, 5.74) is 1.16. The summed E-state index contributed by atoms with van der Waals surface area (Å²) in [6.07, 6.45) is 4.17. The largest absolute Gasteiger partial charge is 0.465 e. The number of amides is 1. The summed E-state index contributed by atoms with van der Waals surface area (Å²) >= 11 is 0. The van der Waals surface area contributed by atoms with Crippen molar-refractivity contribution < 1.29 is 19.1 Å². The quantitative estimate of drug-likeness (QED) is 0.794. The highest BCUT2D eigenvalue weighted by Gasteiger charge is 2.29. The van der Waals surface area contributed by atoms with Gasteiger partial charge in [0.15, 0.2) is 0 Å². The van der Waals surface area contributed by atoms with Crippen LogP contribution in [0.4, 0.5) is 4.79 Å². The van der Waals surface area contributed by atoms with E-state index in [9.17, 15) is 9.59 Å². The highest BCUT2D eigenvalue weighted by atomic mass is 16.6. The topological polar surface area (TPSA) is 60.8 Å². The number of carbonyl (C=O) groups excluding carboxylic acids is 2. The first kappa shape index (κ1) is 18.4. The highest BCUT2D eigenvalue weighted by molar-refractivity contribution is 5.90. The number of likely N-dealkylation sites (tertiary alicyclic amines) is 1. The molecule has 6 nitrogen and oxygen atoms in total. The number of rotatable bonds is 3. The van der Waals surface area contributed by atoms with Crippen LogP contribution >= 0.6 is 0 Å². The van der Waals surface area contributed by atoms with Crippen LogP contribution in [-0.4, -0.2) is 47.3 Å². The zero-order valence-electron chi connectivity index (χ0n) is 15.3. The lowest BCUT2D eigenvalue weighted by Crippen LogP contribution is -2.42. The number of ether oxygens (including phenoxy) is 2. The molecule has 0 atom stereocenters. The molecule has 1 fully saturated rings. The van der Waals surface area contributed by atoms with Gasteiger partial charge in [0, 0.05) is 31.0 Å². The van der Waals surface area contributed by atoms with Crippen LogP contribution in [0.15, 0.2) is 12.3 Å². The Morgan fingerprint density at radius 1 is 1.25 bits per heavy atom. The number of carbonyl (C=O) groups is 2. The van der Waals surface area contributed by atoms with Gasteiger partial charge in [-0.25, -0.2) is 9.59 Å². The van der Waals surface area contributed by atoms with Crippen molar-refractivity contribution in [2.75, 3.05) is 20.2 Å². The third-order valence-corrected chi connectivity index (χ3v) is 4.27. The second-order valence-electron chi connectivity index (χ2n) is 7.13. The van der Waals surface area contributed by atoms with Crippen LogP contribution in [0.5, 0.6) is 0 Å². The Morgan fingerprint density at radius 3 is 2.38 bits per heavy atom. The van der Waals surface area contributed by atoms with Crippen molar-refractivity contribution in [2.24, 2.45) is 0 Å². The molecule has 0 spiro atoms. The fourth-order valence-corrected chi connectivity index (χ4v) is 3.14. The number of aromatic nitrogens is 1. The van der Waals surface area contributed by atoms with Gasteiger partial charge in [-0.1, -0.05) is 6.92 Å². The third-order valence-electron chi connectivity index (χ3n) is 4.27. The number of hydrogen-bond donors (Lipinski definition) is 0. The maximum absolute atomic E-state index is 12.1. The number of nitrogens with zero attached hydrogens (tertiary/aromatic N) is 2. The smallest absolute Gasteiger partial charge is 0.410 e. The van der Waals surface area contributed by atoms with Gasteiger partial charge in [0.25, 0.3) is 0 Å². The van der Waals surface area contributed by atoms with Crippen LogP contribution in [0.2, 0.25) is 0 Å². The van der Waals surface area contributed by atoms with E-state index in [2.05, 4.69) is 4.57 Å². The number of piperidine rings is 1. The lowest BCUT2D eigenvalue weighted by atomic mass is 10.0. The first-order chi connectivity index (χ1) is 11.3. The predicted molar refractivity (Wildman–Crippen MR) is 91.2 cm³/mol. The van der Waals surface area contributed by atoms with E-state index in [1.807, 2.05) is 40.0 Å². The van der Waals surface area contributed by atoms with Crippen LogP contribution < -0.4 is 0 Å². The van der Waals surface area contributed by atoms with Gasteiger partial charge in [0.2, 0.25) is 0 Å². The van der Waals surface area contributed by atoms with Crippen molar-refractivity contribution in [1.29, 1.82) is 0 Å². The predicted octanol–water partition coefficient (Wildman–Crippen LogP) is 3.41. The molecule has 1 aromatic heterocycles. The number of methoxy groups -OCH3 is 1. The van der Waals surface area contributed by atoms with Gasteiger partial charge >= 0.3 is 12.1 Å². The van der Waals surface area contributed by atoms with Crippen molar-refractivity contribution >= 4 is 12.1 Å². The minimum atomic E-state index is -0.473. The zero-order chi connectivity index (χ0) is 17.9. The molecule has 0 unspecified atom stereocenters. The Bertz CT molecular complexity index is 593. The SMILES string of the molecule is CCc1c(C(=O)OC)ccn1C1CCN(C(=O)OC(C)(C)C)CC1. The van der Waals surface area contributed by atoms with E-state index in [1.165, 1.54) is 7.11 Å². The monoisotopic (exact) mass is 336 g/mol. The molecule has 0 saturated carbocycles. The van der Waals surface area contributed by atoms with E-state index in [4.69, 9.17) is 9.47 Å². The Balaban J connectivity index is 2.04. The van der Waals surface area contributed by atoms with Gasteiger partial charge in [-0.05, 0) is 46.1 Å². The average molecular weight is 336 g/mol. The van der Waals surface area contributed by atoms with Crippen molar-refractivity contribution in [3.63, 3.8) is 0 Å². The standard InChI is InChI=1S/C18H28N2O4/c1-6-15-14(16(21)23-5)9-12-20(15)13-7-10-19(11-8-13)17(22)24-18(2,3)4/h9,12-13H,6-8,10-11H2,1-5H3. The molecular weight excluding hydrogens is 308 g/mol. The fourth-order valence-electron chi connectivity index (χ4n) is 3.14. The lowest BCUT2D eigenvalue weighted by molar-refractivity contribution is 0.0188. The van der Waals surface area contributed by atoms with E-state index in [-0.39, 0.29) is 18.1 Å². The maximum atomic E-state index is 12.1. The minimum Gasteiger partial charge on any atom is -0.465 e. The number of hydrogen-bond acceptors (Lipinski definition) is 4. The highest BCUT2D eigenvalue weighted by Crippen LogP contribution is 2.27. The lowest BCUT2D eigenvalue weighted by Gasteiger charge is -2.34. The molecule has 0 bridgehead atoms. The molecule has 24 heavy (non-hydrogen) atoms. The Kier molecular flexibility index (Phi) is 5.57. The molecule has 0 aromatic carbocycles. The second-order valence-corrected chi connectivity index (χ2v) is 7.13. The molecule has 134 valence electrons. The van der Waals surface area contributed by atoms with E-state index >= 15 is 0 Å². The van der Waals surface area contributed by atoms with Crippen molar-refractivity contribution in [3.05, 3.63) is 23.5 Å².